The van der Waals surface area contributed by atoms with Crippen molar-refractivity contribution in [2.45, 2.75) is 65.3 Å². The summed E-state index contributed by atoms with van der Waals surface area (Å²) in [5.41, 5.74) is -0.594. The topological polar surface area (TPSA) is 67.9 Å². The molecule has 1 aliphatic heterocycles. The molecule has 1 heterocycles. The normalized spacial score (nSPS) is 18.4. The van der Waals surface area contributed by atoms with Gasteiger partial charge in [0.25, 0.3) is 0 Å². The Morgan fingerprint density at radius 2 is 1.96 bits per heavy atom. The monoisotopic (exact) mass is 346 g/mol. The van der Waals surface area contributed by atoms with Crippen LogP contribution < -0.4 is 5.32 Å². The lowest BCUT2D eigenvalue weighted by atomic mass is 9.97. The van der Waals surface area contributed by atoms with Crippen molar-refractivity contribution in [3.05, 3.63) is 0 Å². The lowest BCUT2D eigenvalue weighted by molar-refractivity contribution is -0.149. The van der Waals surface area contributed by atoms with Gasteiger partial charge in [0.15, 0.2) is 0 Å². The average Bonchev–Trinajstić information content (AvgIpc) is 2.43. The summed E-state index contributed by atoms with van der Waals surface area (Å²) >= 11 is 0. The van der Waals surface area contributed by atoms with Crippen molar-refractivity contribution in [3.63, 3.8) is 0 Å². The highest BCUT2D eigenvalue weighted by atomic mass is 19.1. The molecule has 1 aliphatic rings. The van der Waals surface area contributed by atoms with E-state index >= 15 is 0 Å². The van der Waals surface area contributed by atoms with Crippen LogP contribution in [0.2, 0.25) is 0 Å². The highest BCUT2D eigenvalue weighted by Gasteiger charge is 2.33. The first-order chi connectivity index (χ1) is 11.1. The van der Waals surface area contributed by atoms with Gasteiger partial charge in [0.2, 0.25) is 0 Å². The Morgan fingerprint density at radius 3 is 2.46 bits per heavy atom. The van der Waals surface area contributed by atoms with E-state index in [-0.39, 0.29) is 18.6 Å². The van der Waals surface area contributed by atoms with Crippen LogP contribution >= 0.6 is 0 Å². The van der Waals surface area contributed by atoms with Gasteiger partial charge in [-0.05, 0) is 40.5 Å². The Labute approximate surface area is 144 Å². The van der Waals surface area contributed by atoms with E-state index in [1.807, 2.05) is 18.7 Å². The molecular formula is C17H31FN2O4. The van der Waals surface area contributed by atoms with Crippen molar-refractivity contribution in [1.82, 2.24) is 10.2 Å². The summed E-state index contributed by atoms with van der Waals surface area (Å²) in [6.45, 7) is 10.5. The number of esters is 1. The third-order valence-corrected chi connectivity index (χ3v) is 3.79. The van der Waals surface area contributed by atoms with Crippen LogP contribution in [-0.4, -0.2) is 61.0 Å². The Balaban J connectivity index is 2.54. The molecule has 0 saturated carbocycles. The van der Waals surface area contributed by atoms with Gasteiger partial charge in [-0.1, -0.05) is 6.92 Å². The molecule has 1 N–H and O–H groups in total. The number of hydrogen-bond acceptors (Lipinski definition) is 5. The number of nitrogens with one attached hydrogen (secondary N) is 1. The molecule has 0 aliphatic carbocycles. The van der Waals surface area contributed by atoms with Gasteiger partial charge in [0, 0.05) is 25.7 Å². The molecule has 6 nitrogen and oxygen atoms in total. The molecule has 1 rings (SSSR count). The van der Waals surface area contributed by atoms with E-state index in [1.54, 1.807) is 20.8 Å². The maximum atomic E-state index is 13.0. The minimum atomic E-state index is -0.780. The quantitative estimate of drug-likeness (QED) is 0.684. The maximum Gasteiger partial charge on any atom is 0.407 e. The molecule has 24 heavy (non-hydrogen) atoms. The van der Waals surface area contributed by atoms with Crippen LogP contribution in [-0.2, 0) is 14.3 Å². The number of nitrogens with zero attached hydrogens (tertiary/aromatic N) is 1. The van der Waals surface area contributed by atoms with Crippen LogP contribution in [0.5, 0.6) is 0 Å². The lowest BCUT2D eigenvalue weighted by Gasteiger charge is -2.40. The van der Waals surface area contributed by atoms with E-state index in [1.165, 1.54) is 0 Å². The fraction of sp³-hybridized carbons (Fsp3) is 0.882. The molecule has 1 amide bonds. The molecule has 1 fully saturated rings. The highest BCUT2D eigenvalue weighted by Crippen LogP contribution is 2.20. The van der Waals surface area contributed by atoms with Crippen molar-refractivity contribution >= 4 is 12.1 Å². The van der Waals surface area contributed by atoms with Gasteiger partial charge in [-0.2, -0.15) is 0 Å². The van der Waals surface area contributed by atoms with Gasteiger partial charge in [0.05, 0.1) is 12.5 Å². The van der Waals surface area contributed by atoms with Crippen LogP contribution in [0, 0.1) is 5.92 Å². The second-order valence-corrected chi connectivity index (χ2v) is 7.38. The van der Waals surface area contributed by atoms with E-state index in [2.05, 4.69) is 5.32 Å². The summed E-state index contributed by atoms with van der Waals surface area (Å²) in [7, 11) is 0. The summed E-state index contributed by atoms with van der Waals surface area (Å²) in [5, 5.41) is 2.63. The summed E-state index contributed by atoms with van der Waals surface area (Å²) in [5.74, 6) is -0.810. The number of rotatable bonds is 8. The molecule has 7 heteroatoms. The fourth-order valence-electron chi connectivity index (χ4n) is 2.48. The molecule has 2 atom stereocenters. The zero-order chi connectivity index (χ0) is 18.3. The summed E-state index contributed by atoms with van der Waals surface area (Å²) < 4.78 is 23.4. The first-order valence-corrected chi connectivity index (χ1v) is 8.64. The Hall–Kier alpha value is -1.37. The molecule has 0 bridgehead atoms. The second kappa shape index (κ2) is 9.20. The van der Waals surface area contributed by atoms with Crippen LogP contribution in [0.4, 0.5) is 9.18 Å². The van der Waals surface area contributed by atoms with E-state index in [0.717, 1.165) is 6.42 Å². The molecule has 140 valence electrons. The number of carbonyl (C=O) groups excluding carboxylic acids is 2. The number of alkyl carbamates (subject to hydrolysis) is 1. The standard InChI is InChI=1S/C17H31FN2O4/c1-6-7-23-15(21)13(8-12(2)20-10-14(18)11-20)9-19-16(22)24-17(3,4)5/h12-14H,6-11H2,1-5H3,(H,19,22). The predicted molar refractivity (Wildman–Crippen MR) is 89.5 cm³/mol. The number of alkyl halides is 1. The second-order valence-electron chi connectivity index (χ2n) is 7.38. The smallest absolute Gasteiger partial charge is 0.407 e. The molecule has 0 aromatic carbocycles. The molecule has 0 radical (unpaired) electrons. The van der Waals surface area contributed by atoms with Crippen molar-refractivity contribution in [2.24, 2.45) is 5.92 Å². The van der Waals surface area contributed by atoms with Gasteiger partial charge in [0.1, 0.15) is 11.8 Å². The van der Waals surface area contributed by atoms with E-state index < -0.39 is 23.8 Å². The Morgan fingerprint density at radius 1 is 1.33 bits per heavy atom. The van der Waals surface area contributed by atoms with Crippen molar-refractivity contribution in [3.8, 4) is 0 Å². The molecule has 2 unspecified atom stereocenters. The first-order valence-electron chi connectivity index (χ1n) is 8.64. The number of halogens is 1. The zero-order valence-electron chi connectivity index (χ0n) is 15.4. The van der Waals surface area contributed by atoms with E-state index in [9.17, 15) is 14.0 Å². The molecule has 1 saturated heterocycles. The molecular weight excluding hydrogens is 315 g/mol. The number of carbonyl (C=O) groups is 2. The minimum absolute atomic E-state index is 0.0524. The van der Waals surface area contributed by atoms with Crippen LogP contribution in [0.3, 0.4) is 0 Å². The van der Waals surface area contributed by atoms with E-state index in [4.69, 9.17) is 9.47 Å². The number of likely N-dealkylation sites (tertiary alicyclic amines) is 1. The third-order valence-electron chi connectivity index (χ3n) is 3.79. The van der Waals surface area contributed by atoms with E-state index in [0.29, 0.717) is 26.1 Å². The largest absolute Gasteiger partial charge is 0.465 e. The zero-order valence-corrected chi connectivity index (χ0v) is 15.4. The Bertz CT molecular complexity index is 419. The average molecular weight is 346 g/mol. The predicted octanol–water partition coefficient (Wildman–Crippen LogP) is 2.51. The van der Waals surface area contributed by atoms with Gasteiger partial charge in [-0.3, -0.25) is 9.69 Å². The minimum Gasteiger partial charge on any atom is -0.465 e. The number of ether oxygens (including phenoxy) is 2. The molecule has 0 spiro atoms. The maximum absolute atomic E-state index is 13.0. The Kier molecular flexibility index (Phi) is 7.93. The van der Waals surface area contributed by atoms with Gasteiger partial charge < -0.3 is 14.8 Å². The summed E-state index contributed by atoms with van der Waals surface area (Å²) in [6.07, 6.45) is -0.0946. The van der Waals surface area contributed by atoms with Crippen molar-refractivity contribution < 1.29 is 23.5 Å². The number of hydrogen-bond donors (Lipinski definition) is 1. The van der Waals surface area contributed by atoms with Gasteiger partial charge in [-0.15, -0.1) is 0 Å². The SMILES string of the molecule is CCCOC(=O)C(CNC(=O)OC(C)(C)C)CC(C)N1CC(F)C1. The van der Waals surface area contributed by atoms with Crippen molar-refractivity contribution in [2.75, 3.05) is 26.2 Å². The van der Waals surface area contributed by atoms with Crippen molar-refractivity contribution in [1.29, 1.82) is 0 Å². The first kappa shape index (κ1) is 20.7. The summed E-state index contributed by atoms with van der Waals surface area (Å²) in [4.78, 5) is 26.0. The third kappa shape index (κ3) is 7.47. The fourth-order valence-corrected chi connectivity index (χ4v) is 2.48. The summed E-state index contributed by atoms with van der Waals surface area (Å²) in [6, 6.07) is 0.0524. The van der Waals surface area contributed by atoms with Crippen LogP contribution in [0.15, 0.2) is 0 Å². The van der Waals surface area contributed by atoms with Crippen LogP contribution in [0.1, 0.15) is 47.5 Å². The van der Waals surface area contributed by atoms with Crippen LogP contribution in [0.25, 0.3) is 0 Å². The van der Waals surface area contributed by atoms with Gasteiger partial charge in [-0.25, -0.2) is 9.18 Å². The molecule has 0 aromatic heterocycles. The van der Waals surface area contributed by atoms with Gasteiger partial charge >= 0.3 is 12.1 Å². The highest BCUT2D eigenvalue weighted by molar-refractivity contribution is 5.74. The molecule has 0 aromatic rings. The number of amides is 1. The lowest BCUT2D eigenvalue weighted by Crippen LogP contribution is -2.53.